The monoisotopic (exact) mass is 259 g/mol. The Morgan fingerprint density at radius 2 is 2.29 bits per heavy atom. The van der Waals surface area contributed by atoms with Gasteiger partial charge < -0.3 is 10.1 Å². The van der Waals surface area contributed by atoms with Crippen LogP contribution in [0.25, 0.3) is 0 Å². The van der Waals surface area contributed by atoms with E-state index in [-0.39, 0.29) is 6.10 Å². The van der Waals surface area contributed by atoms with E-state index < -0.39 is 0 Å². The highest BCUT2D eigenvalue weighted by molar-refractivity contribution is 9.10. The Kier molecular flexibility index (Phi) is 4.13. The van der Waals surface area contributed by atoms with Gasteiger partial charge in [-0.15, -0.1) is 0 Å². The molecule has 1 aromatic heterocycles. The Morgan fingerprint density at radius 3 is 2.86 bits per heavy atom. The summed E-state index contributed by atoms with van der Waals surface area (Å²) in [5, 5.41) is 3.03. The van der Waals surface area contributed by atoms with Gasteiger partial charge in [0.15, 0.2) is 0 Å². The average Bonchev–Trinajstić information content (AvgIpc) is 2.10. The first-order chi connectivity index (χ1) is 6.63. The van der Waals surface area contributed by atoms with Gasteiger partial charge in [0, 0.05) is 6.54 Å². The summed E-state index contributed by atoms with van der Waals surface area (Å²) in [5.41, 5.74) is 0. The molecule has 0 aliphatic carbocycles. The Morgan fingerprint density at radius 1 is 1.57 bits per heavy atom. The maximum atomic E-state index is 5.49. The van der Waals surface area contributed by atoms with Crippen molar-refractivity contribution in [2.75, 3.05) is 11.9 Å². The third-order valence-corrected chi connectivity index (χ3v) is 1.94. The molecule has 78 valence electrons. The smallest absolute Gasteiger partial charge is 0.233 e. The summed E-state index contributed by atoms with van der Waals surface area (Å²) in [4.78, 5) is 8.30. The van der Waals surface area contributed by atoms with E-state index in [0.717, 1.165) is 11.0 Å². The number of ether oxygens (including phenoxy) is 1. The molecule has 1 aromatic rings. The third kappa shape index (κ3) is 3.14. The lowest BCUT2D eigenvalue weighted by Gasteiger charge is -2.11. The molecule has 14 heavy (non-hydrogen) atoms. The standard InChI is InChI=1S/C9H14BrN3O/c1-4-11-9-12-5-7(10)8(13-9)14-6(2)3/h5-6H,4H2,1-3H3,(H,11,12,13). The molecule has 0 saturated heterocycles. The molecule has 0 spiro atoms. The van der Waals surface area contributed by atoms with E-state index in [1.807, 2.05) is 20.8 Å². The number of nitrogens with one attached hydrogen (secondary N) is 1. The maximum Gasteiger partial charge on any atom is 0.233 e. The van der Waals surface area contributed by atoms with Crippen LogP contribution < -0.4 is 10.1 Å². The van der Waals surface area contributed by atoms with Crippen molar-refractivity contribution < 1.29 is 4.74 Å². The normalized spacial score (nSPS) is 10.4. The molecule has 1 heterocycles. The van der Waals surface area contributed by atoms with Gasteiger partial charge in [0.25, 0.3) is 0 Å². The number of anilines is 1. The summed E-state index contributed by atoms with van der Waals surface area (Å²) in [6.07, 6.45) is 1.79. The van der Waals surface area contributed by atoms with Crippen molar-refractivity contribution in [1.29, 1.82) is 0 Å². The van der Waals surface area contributed by atoms with Crippen molar-refractivity contribution in [2.24, 2.45) is 0 Å². The molecule has 0 bridgehead atoms. The van der Waals surface area contributed by atoms with Crippen LogP contribution in [0.2, 0.25) is 0 Å². The second kappa shape index (κ2) is 5.14. The number of aromatic nitrogens is 2. The number of hydrogen-bond donors (Lipinski definition) is 1. The van der Waals surface area contributed by atoms with Crippen molar-refractivity contribution in [3.8, 4) is 5.88 Å². The lowest BCUT2D eigenvalue weighted by atomic mass is 10.5. The van der Waals surface area contributed by atoms with Crippen molar-refractivity contribution in [3.05, 3.63) is 10.7 Å². The molecule has 0 fully saturated rings. The minimum absolute atomic E-state index is 0.107. The van der Waals surface area contributed by atoms with Crippen LogP contribution in [-0.2, 0) is 0 Å². The fourth-order valence-electron chi connectivity index (χ4n) is 0.901. The van der Waals surface area contributed by atoms with Crippen molar-refractivity contribution >= 4 is 21.9 Å². The number of rotatable bonds is 4. The van der Waals surface area contributed by atoms with E-state index >= 15 is 0 Å². The zero-order valence-corrected chi connectivity index (χ0v) is 10.1. The fourth-order valence-corrected chi connectivity index (χ4v) is 1.19. The van der Waals surface area contributed by atoms with E-state index in [0.29, 0.717) is 11.8 Å². The molecule has 4 nitrogen and oxygen atoms in total. The summed E-state index contributed by atoms with van der Waals surface area (Å²) in [5.74, 6) is 1.16. The van der Waals surface area contributed by atoms with Crippen LogP contribution in [0.1, 0.15) is 20.8 Å². The Balaban J connectivity index is 2.84. The lowest BCUT2D eigenvalue weighted by molar-refractivity contribution is 0.231. The van der Waals surface area contributed by atoms with Crippen molar-refractivity contribution in [2.45, 2.75) is 26.9 Å². The minimum Gasteiger partial charge on any atom is -0.474 e. The maximum absolute atomic E-state index is 5.49. The second-order valence-electron chi connectivity index (χ2n) is 3.04. The average molecular weight is 260 g/mol. The highest BCUT2D eigenvalue weighted by Crippen LogP contribution is 2.23. The van der Waals surface area contributed by atoms with Crippen LogP contribution in [0, 0.1) is 0 Å². The predicted octanol–water partition coefficient (Wildman–Crippen LogP) is 2.46. The van der Waals surface area contributed by atoms with Gasteiger partial charge in [-0.05, 0) is 36.7 Å². The molecule has 0 radical (unpaired) electrons. The van der Waals surface area contributed by atoms with Crippen LogP contribution in [0.5, 0.6) is 5.88 Å². The Labute approximate surface area is 92.2 Å². The van der Waals surface area contributed by atoms with Gasteiger partial charge in [0.05, 0.1) is 16.8 Å². The molecule has 0 amide bonds. The molecule has 5 heteroatoms. The van der Waals surface area contributed by atoms with Gasteiger partial charge in [-0.2, -0.15) is 4.98 Å². The van der Waals surface area contributed by atoms with E-state index in [4.69, 9.17) is 4.74 Å². The second-order valence-corrected chi connectivity index (χ2v) is 3.90. The minimum atomic E-state index is 0.107. The molecule has 0 atom stereocenters. The van der Waals surface area contributed by atoms with Crippen LogP contribution in [0.3, 0.4) is 0 Å². The largest absolute Gasteiger partial charge is 0.474 e. The summed E-state index contributed by atoms with van der Waals surface area (Å²) < 4.78 is 6.27. The van der Waals surface area contributed by atoms with Gasteiger partial charge >= 0.3 is 0 Å². The molecule has 0 saturated carbocycles. The first-order valence-electron chi connectivity index (χ1n) is 4.56. The van der Waals surface area contributed by atoms with E-state index in [9.17, 15) is 0 Å². The van der Waals surface area contributed by atoms with Gasteiger partial charge in [0.2, 0.25) is 11.8 Å². The van der Waals surface area contributed by atoms with Crippen molar-refractivity contribution in [1.82, 2.24) is 9.97 Å². The molecule has 0 aliphatic heterocycles. The summed E-state index contributed by atoms with van der Waals surface area (Å²) in [7, 11) is 0. The zero-order chi connectivity index (χ0) is 10.6. The topological polar surface area (TPSA) is 47.0 Å². The molecule has 0 unspecified atom stereocenters. The zero-order valence-electron chi connectivity index (χ0n) is 8.54. The number of hydrogen-bond acceptors (Lipinski definition) is 4. The predicted molar refractivity (Wildman–Crippen MR) is 59.7 cm³/mol. The fraction of sp³-hybridized carbons (Fsp3) is 0.556. The SMILES string of the molecule is CCNc1ncc(Br)c(OC(C)C)n1. The van der Waals surface area contributed by atoms with Crippen molar-refractivity contribution in [3.63, 3.8) is 0 Å². The lowest BCUT2D eigenvalue weighted by Crippen LogP contribution is -2.09. The third-order valence-electron chi connectivity index (χ3n) is 1.39. The van der Waals surface area contributed by atoms with E-state index in [1.165, 1.54) is 0 Å². The molecule has 1 N–H and O–H groups in total. The first-order valence-corrected chi connectivity index (χ1v) is 5.35. The molecular formula is C9H14BrN3O. The number of nitrogens with zero attached hydrogens (tertiary/aromatic N) is 2. The summed E-state index contributed by atoms with van der Waals surface area (Å²) >= 11 is 3.33. The summed E-state index contributed by atoms with van der Waals surface area (Å²) in [6.45, 7) is 6.71. The highest BCUT2D eigenvalue weighted by Gasteiger charge is 2.07. The van der Waals surface area contributed by atoms with Crippen LogP contribution in [0.4, 0.5) is 5.95 Å². The molecule has 1 rings (SSSR count). The molecule has 0 aliphatic rings. The molecule has 0 aromatic carbocycles. The van der Waals surface area contributed by atoms with Crippen LogP contribution >= 0.6 is 15.9 Å². The molecular weight excluding hydrogens is 246 g/mol. The van der Waals surface area contributed by atoms with Gasteiger partial charge in [-0.1, -0.05) is 0 Å². The Bertz CT molecular complexity index is 304. The van der Waals surface area contributed by atoms with Crippen LogP contribution in [0.15, 0.2) is 10.7 Å². The number of halogens is 1. The Hall–Kier alpha value is -0.840. The quantitative estimate of drug-likeness (QED) is 0.903. The van der Waals surface area contributed by atoms with E-state index in [2.05, 4.69) is 31.2 Å². The first kappa shape index (κ1) is 11.2. The highest BCUT2D eigenvalue weighted by atomic mass is 79.9. The van der Waals surface area contributed by atoms with Gasteiger partial charge in [0.1, 0.15) is 0 Å². The van der Waals surface area contributed by atoms with Crippen LogP contribution in [-0.4, -0.2) is 22.6 Å². The summed E-state index contributed by atoms with van der Waals surface area (Å²) in [6, 6.07) is 0. The van der Waals surface area contributed by atoms with E-state index in [1.54, 1.807) is 6.20 Å². The van der Waals surface area contributed by atoms with Gasteiger partial charge in [-0.3, -0.25) is 0 Å². The van der Waals surface area contributed by atoms with Gasteiger partial charge in [-0.25, -0.2) is 4.98 Å².